The average Bonchev–Trinajstić information content (AvgIpc) is 3.34. The second-order valence-corrected chi connectivity index (χ2v) is 17.7. The van der Waals surface area contributed by atoms with E-state index in [9.17, 15) is 19.0 Å². The minimum absolute atomic E-state index is 0.0329. The van der Waals surface area contributed by atoms with Crippen molar-refractivity contribution in [2.75, 3.05) is 26.4 Å². The van der Waals surface area contributed by atoms with Crippen molar-refractivity contribution in [3.63, 3.8) is 0 Å². The van der Waals surface area contributed by atoms with Crippen LogP contribution in [0.25, 0.3) is 0 Å². The van der Waals surface area contributed by atoms with E-state index in [-0.39, 0.29) is 32.6 Å². The van der Waals surface area contributed by atoms with Gasteiger partial charge in [0.25, 0.3) is 0 Å². The van der Waals surface area contributed by atoms with Crippen molar-refractivity contribution in [3.8, 4) is 0 Å². The Balaban J connectivity index is 4.24. The third-order valence-corrected chi connectivity index (χ3v) is 10.9. The van der Waals surface area contributed by atoms with Crippen LogP contribution in [-0.2, 0) is 32.7 Å². The van der Waals surface area contributed by atoms with Gasteiger partial charge in [-0.15, -0.1) is 0 Å². The molecule has 69 heavy (non-hydrogen) atoms. The summed E-state index contributed by atoms with van der Waals surface area (Å²) in [5.74, 6) is -0.919. The first-order valence-electron chi connectivity index (χ1n) is 26.0. The molecule has 10 heteroatoms. The maximum Gasteiger partial charge on any atom is 0.472 e. The van der Waals surface area contributed by atoms with Crippen LogP contribution in [-0.4, -0.2) is 49.3 Å². The number of phosphoric acid groups is 1. The maximum absolute atomic E-state index is 12.7. The molecule has 0 amide bonds. The number of carbonyl (C=O) groups excluding carboxylic acids is 2. The molecular weight excluding hydrogens is 882 g/mol. The van der Waals surface area contributed by atoms with Gasteiger partial charge in [-0.1, -0.05) is 191 Å². The molecule has 0 aliphatic heterocycles. The molecular formula is C59H92NO8P. The van der Waals surface area contributed by atoms with Gasteiger partial charge >= 0.3 is 19.8 Å². The number of unbranched alkanes of at least 4 members (excludes halogenated alkanes) is 7. The fraction of sp³-hybridized carbons (Fsp3) is 0.525. The van der Waals surface area contributed by atoms with Crippen LogP contribution in [0.3, 0.4) is 0 Å². The largest absolute Gasteiger partial charge is 0.472 e. The van der Waals surface area contributed by atoms with E-state index in [1.165, 1.54) is 0 Å². The molecule has 3 N–H and O–H groups in total. The first kappa shape index (κ1) is 64.6. The van der Waals surface area contributed by atoms with Gasteiger partial charge in [0.05, 0.1) is 13.2 Å². The summed E-state index contributed by atoms with van der Waals surface area (Å²) in [6.45, 7) is 3.40. The monoisotopic (exact) mass is 974 g/mol. The Morgan fingerprint density at radius 1 is 0.435 bits per heavy atom. The van der Waals surface area contributed by atoms with Gasteiger partial charge in [-0.05, 0) is 122 Å². The highest BCUT2D eigenvalue weighted by Crippen LogP contribution is 2.43. The number of hydrogen-bond donors (Lipinski definition) is 2. The Morgan fingerprint density at radius 3 is 1.14 bits per heavy atom. The van der Waals surface area contributed by atoms with Crippen LogP contribution < -0.4 is 5.73 Å². The van der Waals surface area contributed by atoms with E-state index in [4.69, 9.17) is 24.3 Å². The van der Waals surface area contributed by atoms with E-state index in [1.54, 1.807) is 0 Å². The normalized spacial score (nSPS) is 14.4. The number of phosphoric ester groups is 1. The van der Waals surface area contributed by atoms with Gasteiger partial charge in [-0.25, -0.2) is 4.57 Å². The highest BCUT2D eigenvalue weighted by atomic mass is 31.2. The van der Waals surface area contributed by atoms with Gasteiger partial charge in [0.2, 0.25) is 0 Å². The molecule has 0 aliphatic rings. The zero-order valence-electron chi connectivity index (χ0n) is 42.7. The Bertz CT molecular complexity index is 1680. The molecule has 9 nitrogen and oxygen atoms in total. The molecule has 2 unspecified atom stereocenters. The molecule has 0 aromatic carbocycles. The van der Waals surface area contributed by atoms with E-state index < -0.39 is 32.5 Å². The summed E-state index contributed by atoms with van der Waals surface area (Å²) in [6.07, 6.45) is 77.1. The van der Waals surface area contributed by atoms with Crippen molar-refractivity contribution < 1.29 is 37.6 Å². The van der Waals surface area contributed by atoms with Crippen LogP contribution in [0.1, 0.15) is 168 Å². The van der Waals surface area contributed by atoms with Gasteiger partial charge in [0.1, 0.15) is 6.61 Å². The lowest BCUT2D eigenvalue weighted by molar-refractivity contribution is -0.161. The topological polar surface area (TPSA) is 134 Å². The highest BCUT2D eigenvalue weighted by molar-refractivity contribution is 7.47. The highest BCUT2D eigenvalue weighted by Gasteiger charge is 2.26. The van der Waals surface area contributed by atoms with E-state index in [1.807, 2.05) is 0 Å². The summed E-state index contributed by atoms with van der Waals surface area (Å²) >= 11 is 0. The van der Waals surface area contributed by atoms with Crippen molar-refractivity contribution >= 4 is 19.8 Å². The van der Waals surface area contributed by atoms with Crippen molar-refractivity contribution in [3.05, 3.63) is 158 Å². The summed E-state index contributed by atoms with van der Waals surface area (Å²) in [7, 11) is -4.42. The third-order valence-electron chi connectivity index (χ3n) is 9.91. The third kappa shape index (κ3) is 52.8. The Kier molecular flexibility index (Phi) is 49.6. The first-order valence-corrected chi connectivity index (χ1v) is 27.5. The molecule has 0 heterocycles. The summed E-state index contributed by atoms with van der Waals surface area (Å²) in [5, 5.41) is 0. The molecule has 0 aromatic heterocycles. The number of ether oxygens (including phenoxy) is 2. The second kappa shape index (κ2) is 53.0. The van der Waals surface area contributed by atoms with Crippen LogP contribution in [0, 0.1) is 0 Å². The molecule has 0 bridgehead atoms. The number of carbonyl (C=O) groups is 2. The van der Waals surface area contributed by atoms with Crippen LogP contribution >= 0.6 is 7.82 Å². The molecule has 2 atom stereocenters. The zero-order chi connectivity index (χ0) is 50.2. The van der Waals surface area contributed by atoms with Crippen LogP contribution in [0.5, 0.6) is 0 Å². The van der Waals surface area contributed by atoms with E-state index in [0.717, 1.165) is 128 Å². The Labute approximate surface area is 419 Å². The van der Waals surface area contributed by atoms with Crippen molar-refractivity contribution in [1.82, 2.24) is 0 Å². The van der Waals surface area contributed by atoms with Gasteiger partial charge < -0.3 is 20.1 Å². The van der Waals surface area contributed by atoms with Gasteiger partial charge in [0, 0.05) is 19.4 Å². The van der Waals surface area contributed by atoms with Crippen molar-refractivity contribution in [2.24, 2.45) is 5.73 Å². The molecule has 0 saturated carbocycles. The first-order chi connectivity index (χ1) is 33.8. The van der Waals surface area contributed by atoms with Crippen LogP contribution in [0.2, 0.25) is 0 Å². The fourth-order valence-corrected chi connectivity index (χ4v) is 6.91. The van der Waals surface area contributed by atoms with E-state index in [2.05, 4.69) is 172 Å². The summed E-state index contributed by atoms with van der Waals surface area (Å²) in [5.41, 5.74) is 5.36. The molecule has 0 rings (SSSR count). The lowest BCUT2D eigenvalue weighted by Gasteiger charge is -2.19. The van der Waals surface area contributed by atoms with Crippen LogP contribution in [0.4, 0.5) is 0 Å². The molecule has 0 aliphatic carbocycles. The summed E-state index contributed by atoms with van der Waals surface area (Å²) in [6, 6.07) is 0. The standard InChI is InChI=1S/C59H92NO8P/c1-3-5-7-9-11-13-15-17-19-21-23-25-26-27-28-29-30-32-34-36-38-40-42-44-46-48-50-52-59(62)68-57(56-67-69(63,64)66-54-53-60)55-65-58(61)51-49-47-45-43-41-39-37-35-33-31-24-22-20-18-16-14-12-10-8-6-4-2/h5-8,11-14,17-20,23-25,27-28,30-32,35-38,42,44,57H,3-4,9-10,15-16,21-22,26,29,33-34,39-41,43,45-56,60H2,1-2H3,(H,63,64)/b7-5-,8-6-,13-11-,14-12-,19-17-,20-18-,25-23-,28-27-,31-24-,32-30-,37-35-,38-36-,44-42-. The summed E-state index contributed by atoms with van der Waals surface area (Å²) in [4.78, 5) is 35.1. The van der Waals surface area contributed by atoms with Gasteiger partial charge in [-0.2, -0.15) is 0 Å². The lowest BCUT2D eigenvalue weighted by atomic mass is 10.1. The number of hydrogen-bond acceptors (Lipinski definition) is 8. The number of allylic oxidation sites excluding steroid dienone is 26. The van der Waals surface area contributed by atoms with Crippen molar-refractivity contribution in [1.29, 1.82) is 0 Å². The van der Waals surface area contributed by atoms with Crippen molar-refractivity contribution in [2.45, 2.75) is 174 Å². The quantitative estimate of drug-likeness (QED) is 0.0265. The molecule has 0 saturated heterocycles. The molecule has 386 valence electrons. The maximum atomic E-state index is 12.7. The predicted molar refractivity (Wildman–Crippen MR) is 293 cm³/mol. The number of rotatable bonds is 46. The smallest absolute Gasteiger partial charge is 0.462 e. The summed E-state index contributed by atoms with van der Waals surface area (Å²) < 4.78 is 32.9. The van der Waals surface area contributed by atoms with Gasteiger partial charge in [0.15, 0.2) is 6.10 Å². The van der Waals surface area contributed by atoms with E-state index >= 15 is 0 Å². The zero-order valence-corrected chi connectivity index (χ0v) is 43.6. The number of esters is 2. The predicted octanol–water partition coefficient (Wildman–Crippen LogP) is 16.2. The van der Waals surface area contributed by atoms with Crippen LogP contribution in [0.15, 0.2) is 158 Å². The fourth-order valence-electron chi connectivity index (χ4n) is 6.15. The molecule has 0 spiro atoms. The minimum atomic E-state index is -4.42. The number of nitrogens with two attached hydrogens (primary N) is 1. The Morgan fingerprint density at radius 2 is 0.754 bits per heavy atom. The molecule has 0 fully saturated rings. The Hall–Kier alpha value is -4.37. The SMILES string of the molecule is CC/C=C\C/C=C\C/C=C\C/C=C\C/C=C\C/C=C\C/C=C\C/C=C\CCCCC(=O)OC(COC(=O)CCCCCCC/C=C\C/C=C\C/C=C\C/C=C\C/C=C\CC)COP(=O)(O)OCCN. The molecule has 0 radical (unpaired) electrons. The minimum Gasteiger partial charge on any atom is -0.462 e. The van der Waals surface area contributed by atoms with E-state index in [0.29, 0.717) is 12.8 Å². The van der Waals surface area contributed by atoms with Gasteiger partial charge in [-0.3, -0.25) is 18.6 Å². The molecule has 0 aromatic rings. The average molecular weight is 974 g/mol. The second-order valence-electron chi connectivity index (χ2n) is 16.3. The lowest BCUT2D eigenvalue weighted by Crippen LogP contribution is -2.29.